The number of para-hydroxylation sites is 1. The average molecular weight is 393 g/mol. The number of hydrogen-bond donors (Lipinski definition) is 1. The van der Waals surface area contributed by atoms with Gasteiger partial charge in [-0.2, -0.15) is 0 Å². The van der Waals surface area contributed by atoms with Crippen LogP contribution in [-0.2, 0) is 0 Å². The quantitative estimate of drug-likeness (QED) is 0.466. The Kier molecular flexibility index (Phi) is 4.20. The van der Waals surface area contributed by atoms with E-state index in [1.165, 1.54) is 24.3 Å². The minimum absolute atomic E-state index is 0.00535. The Bertz CT molecular complexity index is 631. The fourth-order valence-electron chi connectivity index (χ4n) is 1.49. The third-order valence-corrected chi connectivity index (χ3v) is 3.56. The molecule has 0 saturated carbocycles. The number of hydrogen-bond acceptors (Lipinski definition) is 3. The molecule has 2 aromatic carbocycles. The topological polar surface area (TPSA) is 55.2 Å². The van der Waals surface area contributed by atoms with Crippen LogP contribution >= 0.6 is 34.2 Å². The molecular formula is C12H7ClFIN2O2. The summed E-state index contributed by atoms with van der Waals surface area (Å²) in [6.45, 7) is 0. The molecule has 98 valence electrons. The predicted octanol–water partition coefficient (Wildman–Crippen LogP) is 4.74. The van der Waals surface area contributed by atoms with Crippen molar-refractivity contribution in [2.24, 2.45) is 0 Å². The van der Waals surface area contributed by atoms with E-state index in [2.05, 4.69) is 5.32 Å². The Hall–Kier alpha value is -1.41. The Balaban J connectivity index is 2.34. The molecule has 0 unspecified atom stereocenters. The molecule has 0 amide bonds. The Morgan fingerprint density at radius 2 is 2.05 bits per heavy atom. The molecule has 0 spiro atoms. The normalized spacial score (nSPS) is 10.3. The van der Waals surface area contributed by atoms with E-state index in [4.69, 9.17) is 11.6 Å². The maximum absolute atomic E-state index is 13.6. The van der Waals surface area contributed by atoms with Crippen LogP contribution in [0, 0.1) is 19.5 Å². The van der Waals surface area contributed by atoms with Crippen LogP contribution in [0.2, 0.25) is 5.02 Å². The van der Waals surface area contributed by atoms with Gasteiger partial charge in [0.15, 0.2) is 0 Å². The van der Waals surface area contributed by atoms with Gasteiger partial charge in [0, 0.05) is 11.8 Å². The largest absolute Gasteiger partial charge is 0.352 e. The molecule has 0 saturated heterocycles. The van der Waals surface area contributed by atoms with Gasteiger partial charge in [-0.05, 0) is 46.9 Å². The molecule has 0 aromatic heterocycles. The SMILES string of the molecule is O=[N+]([O-])c1ccc(Nc2c(F)cccc2Cl)cc1I. The molecule has 0 aliphatic rings. The van der Waals surface area contributed by atoms with Gasteiger partial charge in [0.25, 0.3) is 5.69 Å². The highest BCUT2D eigenvalue weighted by atomic mass is 127. The van der Waals surface area contributed by atoms with E-state index in [-0.39, 0.29) is 16.4 Å². The van der Waals surface area contributed by atoms with Crippen molar-refractivity contribution in [3.63, 3.8) is 0 Å². The lowest BCUT2D eigenvalue weighted by molar-refractivity contribution is -0.385. The van der Waals surface area contributed by atoms with Crippen molar-refractivity contribution in [3.8, 4) is 0 Å². The van der Waals surface area contributed by atoms with Crippen LogP contribution in [-0.4, -0.2) is 4.92 Å². The van der Waals surface area contributed by atoms with Crippen LogP contribution in [0.1, 0.15) is 0 Å². The lowest BCUT2D eigenvalue weighted by Crippen LogP contribution is -1.97. The molecule has 2 aromatic rings. The van der Waals surface area contributed by atoms with Crippen LogP contribution in [0.5, 0.6) is 0 Å². The predicted molar refractivity (Wildman–Crippen MR) is 80.5 cm³/mol. The summed E-state index contributed by atoms with van der Waals surface area (Å²) in [5.74, 6) is -0.485. The van der Waals surface area contributed by atoms with Gasteiger partial charge in [-0.25, -0.2) is 4.39 Å². The first-order valence-electron chi connectivity index (χ1n) is 5.14. The van der Waals surface area contributed by atoms with Crippen molar-refractivity contribution in [2.75, 3.05) is 5.32 Å². The van der Waals surface area contributed by atoms with Crippen molar-refractivity contribution in [1.82, 2.24) is 0 Å². The molecule has 0 atom stereocenters. The van der Waals surface area contributed by atoms with E-state index in [9.17, 15) is 14.5 Å². The van der Waals surface area contributed by atoms with Crippen LogP contribution in [0.15, 0.2) is 36.4 Å². The van der Waals surface area contributed by atoms with E-state index in [0.717, 1.165) is 0 Å². The fraction of sp³-hybridized carbons (Fsp3) is 0. The molecule has 0 radical (unpaired) electrons. The summed E-state index contributed by atoms with van der Waals surface area (Å²) in [7, 11) is 0. The fourth-order valence-corrected chi connectivity index (χ4v) is 2.42. The highest BCUT2D eigenvalue weighted by Gasteiger charge is 2.13. The highest BCUT2D eigenvalue weighted by molar-refractivity contribution is 14.1. The van der Waals surface area contributed by atoms with Gasteiger partial charge in [0.05, 0.1) is 19.2 Å². The van der Waals surface area contributed by atoms with E-state index < -0.39 is 10.7 Å². The molecule has 0 fully saturated rings. The number of nitrogens with one attached hydrogen (secondary N) is 1. The summed E-state index contributed by atoms with van der Waals surface area (Å²) in [5, 5.41) is 13.8. The van der Waals surface area contributed by atoms with Gasteiger partial charge in [0.2, 0.25) is 0 Å². The number of anilines is 2. The van der Waals surface area contributed by atoms with Gasteiger partial charge in [-0.3, -0.25) is 10.1 Å². The number of benzene rings is 2. The first kappa shape index (κ1) is 14.0. The maximum atomic E-state index is 13.6. The standard InChI is InChI=1S/C12H7ClFIN2O2/c13-8-2-1-3-9(14)12(8)16-7-4-5-11(17(18)19)10(15)6-7/h1-6,16H. The van der Waals surface area contributed by atoms with Crippen molar-refractivity contribution in [1.29, 1.82) is 0 Å². The summed E-state index contributed by atoms with van der Waals surface area (Å²) in [5.41, 5.74) is 0.682. The second kappa shape index (κ2) is 5.70. The smallest absolute Gasteiger partial charge is 0.282 e. The van der Waals surface area contributed by atoms with Crippen molar-refractivity contribution in [3.05, 3.63) is 60.9 Å². The molecular weight excluding hydrogens is 385 g/mol. The number of halogens is 3. The molecule has 1 N–H and O–H groups in total. The molecule has 0 aliphatic heterocycles. The molecule has 0 bridgehead atoms. The van der Waals surface area contributed by atoms with Crippen molar-refractivity contribution in [2.45, 2.75) is 0 Å². The Morgan fingerprint density at radius 1 is 1.32 bits per heavy atom. The van der Waals surface area contributed by atoms with Crippen LogP contribution < -0.4 is 5.32 Å². The van der Waals surface area contributed by atoms with E-state index in [1.54, 1.807) is 12.1 Å². The monoisotopic (exact) mass is 392 g/mol. The Labute approximate surface area is 126 Å². The maximum Gasteiger partial charge on any atom is 0.282 e. The lowest BCUT2D eigenvalue weighted by atomic mass is 10.2. The number of nitrogens with zero attached hydrogens (tertiary/aromatic N) is 1. The minimum atomic E-state index is -0.485. The summed E-state index contributed by atoms with van der Waals surface area (Å²) >= 11 is 7.74. The summed E-state index contributed by atoms with van der Waals surface area (Å²) in [6, 6.07) is 8.76. The Morgan fingerprint density at radius 3 is 2.63 bits per heavy atom. The second-order valence-electron chi connectivity index (χ2n) is 3.64. The molecule has 0 aliphatic carbocycles. The second-order valence-corrected chi connectivity index (χ2v) is 5.21. The molecule has 4 nitrogen and oxygen atoms in total. The average Bonchev–Trinajstić information content (AvgIpc) is 2.33. The van der Waals surface area contributed by atoms with Gasteiger partial charge in [-0.15, -0.1) is 0 Å². The zero-order valence-corrected chi connectivity index (χ0v) is 12.3. The van der Waals surface area contributed by atoms with Gasteiger partial charge in [0.1, 0.15) is 5.82 Å². The van der Waals surface area contributed by atoms with E-state index in [1.807, 2.05) is 22.6 Å². The van der Waals surface area contributed by atoms with Crippen molar-refractivity contribution >= 4 is 51.3 Å². The van der Waals surface area contributed by atoms with E-state index in [0.29, 0.717) is 9.26 Å². The third kappa shape index (κ3) is 3.13. The number of nitro benzene ring substituents is 1. The summed E-state index contributed by atoms with van der Waals surface area (Å²) in [4.78, 5) is 10.2. The first-order valence-corrected chi connectivity index (χ1v) is 6.59. The van der Waals surface area contributed by atoms with Gasteiger partial charge >= 0.3 is 0 Å². The summed E-state index contributed by atoms with van der Waals surface area (Å²) < 4.78 is 14.0. The molecule has 2 rings (SSSR count). The highest BCUT2D eigenvalue weighted by Crippen LogP contribution is 2.30. The molecule has 19 heavy (non-hydrogen) atoms. The minimum Gasteiger partial charge on any atom is -0.352 e. The molecule has 7 heteroatoms. The van der Waals surface area contributed by atoms with Crippen LogP contribution in [0.3, 0.4) is 0 Å². The van der Waals surface area contributed by atoms with Gasteiger partial charge in [-0.1, -0.05) is 17.7 Å². The van der Waals surface area contributed by atoms with E-state index >= 15 is 0 Å². The van der Waals surface area contributed by atoms with Gasteiger partial charge < -0.3 is 5.32 Å². The molecule has 0 heterocycles. The lowest BCUT2D eigenvalue weighted by Gasteiger charge is -2.09. The summed E-state index contributed by atoms with van der Waals surface area (Å²) in [6.07, 6.45) is 0. The number of rotatable bonds is 3. The third-order valence-electron chi connectivity index (χ3n) is 2.38. The van der Waals surface area contributed by atoms with Crippen LogP contribution in [0.4, 0.5) is 21.5 Å². The zero-order chi connectivity index (χ0) is 14.0. The van der Waals surface area contributed by atoms with Crippen molar-refractivity contribution < 1.29 is 9.31 Å². The van der Waals surface area contributed by atoms with Crippen LogP contribution in [0.25, 0.3) is 0 Å². The first-order chi connectivity index (χ1) is 8.99. The zero-order valence-electron chi connectivity index (χ0n) is 9.36. The number of nitro groups is 1.